The number of benzene rings is 1. The minimum atomic E-state index is 0.670. The van der Waals surface area contributed by atoms with Crippen LogP contribution in [0.5, 0.6) is 0 Å². The minimum absolute atomic E-state index is 0.670. The average Bonchev–Trinajstić information content (AvgIpc) is 2.06. The van der Waals surface area contributed by atoms with Gasteiger partial charge >= 0.3 is 0 Å². The maximum atomic E-state index is 9.94. The molecule has 0 fully saturated rings. The fraction of sp³-hybridized carbons (Fsp3) is 0.222. The molecule has 2 nitrogen and oxygen atoms in total. The van der Waals surface area contributed by atoms with Gasteiger partial charge in [0.2, 0.25) is 6.08 Å². The lowest BCUT2D eigenvalue weighted by molar-refractivity contribution is 0.565. The Bertz CT molecular complexity index is 305. The number of aryl methyl sites for hydroxylation is 1. The third-order valence-corrected chi connectivity index (χ3v) is 1.86. The summed E-state index contributed by atoms with van der Waals surface area (Å²) in [5.74, 6) is 0. The predicted octanol–water partition coefficient (Wildman–Crippen LogP) is 2.59. The van der Waals surface area contributed by atoms with Crippen molar-refractivity contribution in [3.05, 3.63) is 29.8 Å². The molecule has 0 saturated carbocycles. The van der Waals surface area contributed by atoms with Crippen molar-refractivity contribution in [1.29, 1.82) is 0 Å². The van der Waals surface area contributed by atoms with Crippen LogP contribution >= 0.6 is 15.9 Å². The van der Waals surface area contributed by atoms with E-state index in [4.69, 9.17) is 0 Å². The third-order valence-electron chi connectivity index (χ3n) is 1.47. The summed E-state index contributed by atoms with van der Waals surface area (Å²) in [4.78, 5) is 13.5. The summed E-state index contributed by atoms with van der Waals surface area (Å²) < 4.78 is 0. The summed E-state index contributed by atoms with van der Waals surface area (Å²) in [5, 5.41) is 0.918. The number of rotatable bonds is 3. The van der Waals surface area contributed by atoms with Gasteiger partial charge < -0.3 is 0 Å². The van der Waals surface area contributed by atoms with Gasteiger partial charge in [0.05, 0.1) is 5.69 Å². The fourth-order valence-electron chi connectivity index (χ4n) is 0.943. The third kappa shape index (κ3) is 2.61. The number of carbonyl (C=O) groups excluding carboxylic acids is 1. The highest BCUT2D eigenvalue weighted by atomic mass is 79.9. The number of hydrogen-bond acceptors (Lipinski definition) is 2. The Kier molecular flexibility index (Phi) is 3.71. The highest BCUT2D eigenvalue weighted by Crippen LogP contribution is 2.13. The Morgan fingerprint density at radius 3 is 3.00 bits per heavy atom. The van der Waals surface area contributed by atoms with Gasteiger partial charge in [0.1, 0.15) is 0 Å². The smallest absolute Gasteiger partial charge is 0.211 e. The Hall–Kier alpha value is -0.920. The molecule has 0 N–H and O–H groups in total. The lowest BCUT2D eigenvalue weighted by Crippen LogP contribution is -1.83. The zero-order chi connectivity index (χ0) is 8.81. The first-order chi connectivity index (χ1) is 5.86. The molecule has 62 valence electrons. The molecule has 0 spiro atoms. The molecule has 0 heterocycles. The van der Waals surface area contributed by atoms with Gasteiger partial charge in [-0.05, 0) is 24.1 Å². The summed E-state index contributed by atoms with van der Waals surface area (Å²) in [6.45, 7) is 0. The normalized spacial score (nSPS) is 9.08. The van der Waals surface area contributed by atoms with Crippen molar-refractivity contribution in [2.45, 2.75) is 6.42 Å². The molecule has 12 heavy (non-hydrogen) atoms. The predicted molar refractivity (Wildman–Crippen MR) is 51.7 cm³/mol. The number of isocyanates is 1. The van der Waals surface area contributed by atoms with Gasteiger partial charge in [0, 0.05) is 5.33 Å². The van der Waals surface area contributed by atoms with Crippen LogP contribution in [0.25, 0.3) is 0 Å². The molecule has 0 atom stereocenters. The first-order valence-electron chi connectivity index (χ1n) is 3.59. The van der Waals surface area contributed by atoms with Crippen LogP contribution in [0.15, 0.2) is 29.3 Å². The van der Waals surface area contributed by atoms with Crippen molar-refractivity contribution in [3.8, 4) is 0 Å². The zero-order valence-corrected chi connectivity index (χ0v) is 8.04. The first kappa shape index (κ1) is 9.17. The SMILES string of the molecule is O=C=Nc1cccc(CCBr)c1. The van der Waals surface area contributed by atoms with Crippen LogP contribution in [0.3, 0.4) is 0 Å². The second-order valence-electron chi connectivity index (χ2n) is 2.31. The molecule has 0 aliphatic carbocycles. The molecular weight excluding hydrogens is 218 g/mol. The van der Waals surface area contributed by atoms with E-state index in [1.165, 1.54) is 11.6 Å². The van der Waals surface area contributed by atoms with Crippen LogP contribution in [-0.4, -0.2) is 11.4 Å². The second-order valence-corrected chi connectivity index (χ2v) is 3.10. The van der Waals surface area contributed by atoms with Crippen molar-refractivity contribution in [1.82, 2.24) is 0 Å². The van der Waals surface area contributed by atoms with Gasteiger partial charge in [-0.2, -0.15) is 4.99 Å². The van der Waals surface area contributed by atoms with Gasteiger partial charge in [0.25, 0.3) is 0 Å². The molecule has 0 aliphatic rings. The standard InChI is InChI=1S/C9H8BrNO/c10-5-4-8-2-1-3-9(6-8)11-7-12/h1-3,6H,4-5H2. The Morgan fingerprint density at radius 2 is 2.33 bits per heavy atom. The Labute approximate surface area is 79.5 Å². The van der Waals surface area contributed by atoms with Crippen LogP contribution in [0.2, 0.25) is 0 Å². The maximum Gasteiger partial charge on any atom is 0.240 e. The van der Waals surface area contributed by atoms with E-state index in [-0.39, 0.29) is 0 Å². The number of alkyl halides is 1. The van der Waals surface area contributed by atoms with Gasteiger partial charge in [-0.25, -0.2) is 4.79 Å². The summed E-state index contributed by atoms with van der Waals surface area (Å²) in [6, 6.07) is 7.55. The summed E-state index contributed by atoms with van der Waals surface area (Å²) in [6.07, 6.45) is 2.46. The topological polar surface area (TPSA) is 29.4 Å². The lowest BCUT2D eigenvalue weighted by atomic mass is 10.1. The van der Waals surface area contributed by atoms with Crippen molar-refractivity contribution < 1.29 is 4.79 Å². The van der Waals surface area contributed by atoms with E-state index in [9.17, 15) is 4.79 Å². The number of aliphatic imine (C=N–C) groups is 1. The van der Waals surface area contributed by atoms with Gasteiger partial charge in [-0.15, -0.1) is 0 Å². The summed E-state index contributed by atoms with van der Waals surface area (Å²) in [7, 11) is 0. The van der Waals surface area contributed by atoms with Gasteiger partial charge in [-0.3, -0.25) is 0 Å². The minimum Gasteiger partial charge on any atom is -0.211 e. The van der Waals surface area contributed by atoms with Crippen LogP contribution in [0.4, 0.5) is 5.69 Å². The molecule has 1 aromatic carbocycles. The van der Waals surface area contributed by atoms with Gasteiger partial charge in [-0.1, -0.05) is 28.1 Å². The molecule has 0 aromatic heterocycles. The molecule has 0 bridgehead atoms. The zero-order valence-electron chi connectivity index (χ0n) is 6.46. The Morgan fingerprint density at radius 1 is 1.50 bits per heavy atom. The van der Waals surface area contributed by atoms with E-state index in [1.807, 2.05) is 18.2 Å². The molecule has 3 heteroatoms. The highest BCUT2D eigenvalue weighted by Gasteiger charge is 1.92. The van der Waals surface area contributed by atoms with E-state index in [0.717, 1.165) is 11.8 Å². The van der Waals surface area contributed by atoms with Crippen LogP contribution in [0, 0.1) is 0 Å². The molecule has 0 aliphatic heterocycles. The van der Waals surface area contributed by atoms with E-state index in [2.05, 4.69) is 20.9 Å². The second kappa shape index (κ2) is 4.86. The molecule has 1 rings (SSSR count). The largest absolute Gasteiger partial charge is 0.240 e. The molecule has 0 radical (unpaired) electrons. The number of halogens is 1. The van der Waals surface area contributed by atoms with Crippen LogP contribution in [-0.2, 0) is 11.2 Å². The molecule has 1 aromatic rings. The quantitative estimate of drug-likeness (QED) is 0.442. The van der Waals surface area contributed by atoms with Crippen molar-refractivity contribution in [2.75, 3.05) is 5.33 Å². The summed E-state index contributed by atoms with van der Waals surface area (Å²) >= 11 is 3.34. The number of hydrogen-bond donors (Lipinski definition) is 0. The first-order valence-corrected chi connectivity index (χ1v) is 4.71. The van der Waals surface area contributed by atoms with E-state index >= 15 is 0 Å². The fourth-order valence-corrected chi connectivity index (χ4v) is 1.40. The highest BCUT2D eigenvalue weighted by molar-refractivity contribution is 9.09. The van der Waals surface area contributed by atoms with E-state index in [0.29, 0.717) is 5.69 Å². The van der Waals surface area contributed by atoms with Gasteiger partial charge in [0.15, 0.2) is 0 Å². The lowest BCUT2D eigenvalue weighted by Gasteiger charge is -1.96. The van der Waals surface area contributed by atoms with Crippen LogP contribution < -0.4 is 0 Å². The Balaban J connectivity index is 2.87. The average molecular weight is 226 g/mol. The van der Waals surface area contributed by atoms with E-state index in [1.54, 1.807) is 6.07 Å². The van der Waals surface area contributed by atoms with Crippen molar-refractivity contribution >= 4 is 27.7 Å². The maximum absolute atomic E-state index is 9.94. The summed E-state index contributed by atoms with van der Waals surface area (Å²) in [5.41, 5.74) is 1.84. The van der Waals surface area contributed by atoms with Crippen molar-refractivity contribution in [3.63, 3.8) is 0 Å². The van der Waals surface area contributed by atoms with Crippen molar-refractivity contribution in [2.24, 2.45) is 4.99 Å². The van der Waals surface area contributed by atoms with Crippen LogP contribution in [0.1, 0.15) is 5.56 Å². The molecule has 0 unspecified atom stereocenters. The van der Waals surface area contributed by atoms with E-state index < -0.39 is 0 Å². The molecule has 0 saturated heterocycles. The molecule has 0 amide bonds. The molecular formula is C9H8BrNO. The monoisotopic (exact) mass is 225 g/mol. The number of nitrogens with zero attached hydrogens (tertiary/aromatic N) is 1.